The molecule has 1 saturated heterocycles. The Morgan fingerprint density at radius 1 is 1.67 bits per heavy atom. The highest BCUT2D eigenvalue weighted by Gasteiger charge is 2.27. The number of halogens is 1. The van der Waals surface area contributed by atoms with Crippen LogP contribution in [0.5, 0.6) is 0 Å². The molecule has 2 unspecified atom stereocenters. The standard InChI is InChI=1S/C14H24N4O2.ClH/c1-4-18(10-12-6-5-7-20-12)14(19)13(15-2)11-8-16-17(3)9-11;/h8-9,12-13,15H,4-7,10H2,1-3H3;1H. The molecule has 6 nitrogen and oxygen atoms in total. The molecule has 0 radical (unpaired) electrons. The van der Waals surface area contributed by atoms with Gasteiger partial charge in [-0.25, -0.2) is 0 Å². The fourth-order valence-electron chi connectivity index (χ4n) is 2.61. The number of nitrogens with one attached hydrogen (secondary N) is 1. The van der Waals surface area contributed by atoms with Gasteiger partial charge in [0.25, 0.3) is 0 Å². The Hall–Kier alpha value is -1.11. The maximum atomic E-state index is 12.7. The number of likely N-dealkylation sites (N-methyl/N-ethyl adjacent to an activating group) is 2. The van der Waals surface area contributed by atoms with Gasteiger partial charge in [-0.15, -0.1) is 12.4 Å². The molecule has 1 aromatic rings. The molecule has 0 saturated carbocycles. The van der Waals surface area contributed by atoms with Crippen LogP contribution in [0.3, 0.4) is 0 Å². The van der Waals surface area contributed by atoms with Crippen molar-refractivity contribution in [1.29, 1.82) is 0 Å². The van der Waals surface area contributed by atoms with Crippen molar-refractivity contribution in [3.63, 3.8) is 0 Å². The van der Waals surface area contributed by atoms with Crippen molar-refractivity contribution in [2.75, 3.05) is 26.7 Å². The van der Waals surface area contributed by atoms with Gasteiger partial charge in [-0.3, -0.25) is 9.48 Å². The van der Waals surface area contributed by atoms with Crippen LogP contribution in [-0.4, -0.2) is 53.4 Å². The van der Waals surface area contributed by atoms with Crippen LogP contribution in [0.2, 0.25) is 0 Å². The van der Waals surface area contributed by atoms with E-state index >= 15 is 0 Å². The first-order valence-electron chi connectivity index (χ1n) is 7.22. The molecule has 1 aliphatic rings. The number of nitrogens with zero attached hydrogens (tertiary/aromatic N) is 3. The van der Waals surface area contributed by atoms with Crippen molar-refractivity contribution in [2.45, 2.75) is 31.9 Å². The lowest BCUT2D eigenvalue weighted by atomic mass is 10.1. The third-order valence-corrected chi connectivity index (χ3v) is 3.74. The monoisotopic (exact) mass is 316 g/mol. The van der Waals surface area contributed by atoms with E-state index in [1.165, 1.54) is 0 Å². The topological polar surface area (TPSA) is 59.4 Å². The average molecular weight is 317 g/mol. The van der Waals surface area contributed by atoms with Crippen LogP contribution in [-0.2, 0) is 16.6 Å². The second kappa shape index (κ2) is 8.36. The summed E-state index contributed by atoms with van der Waals surface area (Å²) in [4.78, 5) is 14.5. The lowest BCUT2D eigenvalue weighted by molar-refractivity contribution is -0.134. The summed E-state index contributed by atoms with van der Waals surface area (Å²) in [5.41, 5.74) is 0.894. The van der Waals surface area contributed by atoms with Crippen molar-refractivity contribution >= 4 is 18.3 Å². The largest absolute Gasteiger partial charge is 0.376 e. The van der Waals surface area contributed by atoms with Gasteiger partial charge >= 0.3 is 0 Å². The quantitative estimate of drug-likeness (QED) is 0.855. The summed E-state index contributed by atoms with van der Waals surface area (Å²) in [5, 5.41) is 7.22. The van der Waals surface area contributed by atoms with E-state index in [1.807, 2.05) is 25.1 Å². The van der Waals surface area contributed by atoms with Crippen LogP contribution in [0.1, 0.15) is 31.4 Å². The maximum absolute atomic E-state index is 12.7. The van der Waals surface area contributed by atoms with Gasteiger partial charge in [0.2, 0.25) is 5.91 Å². The van der Waals surface area contributed by atoms with Gasteiger partial charge in [0.1, 0.15) is 6.04 Å². The number of amides is 1. The van der Waals surface area contributed by atoms with Crippen molar-refractivity contribution in [2.24, 2.45) is 7.05 Å². The highest BCUT2D eigenvalue weighted by atomic mass is 35.5. The molecular weight excluding hydrogens is 292 g/mol. The highest BCUT2D eigenvalue weighted by Crippen LogP contribution is 2.18. The van der Waals surface area contributed by atoms with Crippen LogP contribution in [0.25, 0.3) is 0 Å². The zero-order chi connectivity index (χ0) is 14.5. The third-order valence-electron chi connectivity index (χ3n) is 3.74. The van der Waals surface area contributed by atoms with Gasteiger partial charge in [-0.2, -0.15) is 5.10 Å². The smallest absolute Gasteiger partial charge is 0.244 e. The molecule has 21 heavy (non-hydrogen) atoms. The Balaban J connectivity index is 0.00000220. The lowest BCUT2D eigenvalue weighted by Gasteiger charge is -2.27. The predicted octanol–water partition coefficient (Wildman–Crippen LogP) is 1.13. The third kappa shape index (κ3) is 4.43. The summed E-state index contributed by atoms with van der Waals surface area (Å²) in [5.74, 6) is 0.0819. The van der Waals surface area contributed by atoms with Gasteiger partial charge in [0, 0.05) is 38.5 Å². The van der Waals surface area contributed by atoms with E-state index in [0.717, 1.165) is 25.0 Å². The summed E-state index contributed by atoms with van der Waals surface area (Å²) < 4.78 is 7.34. The van der Waals surface area contributed by atoms with Crippen molar-refractivity contribution in [3.05, 3.63) is 18.0 Å². The molecule has 0 aromatic carbocycles. The number of hydrogen-bond acceptors (Lipinski definition) is 4. The van der Waals surface area contributed by atoms with Crippen molar-refractivity contribution < 1.29 is 9.53 Å². The van der Waals surface area contributed by atoms with Gasteiger partial charge < -0.3 is 15.0 Å². The van der Waals surface area contributed by atoms with Gasteiger partial charge in [-0.05, 0) is 26.8 Å². The summed E-state index contributed by atoms with van der Waals surface area (Å²) >= 11 is 0. The number of ether oxygens (including phenoxy) is 1. The normalized spacial score (nSPS) is 19.1. The van der Waals surface area contributed by atoms with Crippen molar-refractivity contribution in [1.82, 2.24) is 20.0 Å². The molecule has 2 heterocycles. The van der Waals surface area contributed by atoms with E-state index in [2.05, 4.69) is 10.4 Å². The number of rotatable bonds is 6. The zero-order valence-electron chi connectivity index (χ0n) is 12.9. The Labute approximate surface area is 132 Å². The molecule has 2 atom stereocenters. The molecule has 1 N–H and O–H groups in total. The Kier molecular flexibility index (Phi) is 7.14. The number of hydrogen-bond donors (Lipinski definition) is 1. The second-order valence-electron chi connectivity index (χ2n) is 5.18. The second-order valence-corrected chi connectivity index (χ2v) is 5.18. The van der Waals surface area contributed by atoms with E-state index in [1.54, 1.807) is 17.9 Å². The number of carbonyl (C=O) groups excluding carboxylic acids is 1. The number of aryl methyl sites for hydroxylation is 1. The first kappa shape index (κ1) is 17.9. The van der Waals surface area contributed by atoms with E-state index in [-0.39, 0.29) is 30.5 Å². The number of carbonyl (C=O) groups is 1. The first-order valence-corrected chi connectivity index (χ1v) is 7.22. The zero-order valence-corrected chi connectivity index (χ0v) is 13.7. The summed E-state index contributed by atoms with van der Waals surface area (Å²) in [6.07, 6.45) is 5.93. The van der Waals surface area contributed by atoms with Gasteiger partial charge in [0.15, 0.2) is 0 Å². The van der Waals surface area contributed by atoms with Crippen LogP contribution >= 0.6 is 12.4 Å². The molecule has 0 spiro atoms. The maximum Gasteiger partial charge on any atom is 0.244 e. The summed E-state index contributed by atoms with van der Waals surface area (Å²) in [6, 6.07) is -0.343. The molecule has 0 aliphatic carbocycles. The fourth-order valence-corrected chi connectivity index (χ4v) is 2.61. The lowest BCUT2D eigenvalue weighted by Crippen LogP contribution is -2.43. The molecule has 1 fully saturated rings. The van der Waals surface area contributed by atoms with Gasteiger partial charge in [0.05, 0.1) is 12.3 Å². The van der Waals surface area contributed by atoms with Crippen LogP contribution in [0, 0.1) is 0 Å². The molecule has 1 aliphatic heterocycles. The van der Waals surface area contributed by atoms with E-state index in [0.29, 0.717) is 13.1 Å². The molecule has 120 valence electrons. The van der Waals surface area contributed by atoms with Crippen molar-refractivity contribution in [3.8, 4) is 0 Å². The summed E-state index contributed by atoms with van der Waals surface area (Å²) in [7, 11) is 3.65. The minimum absolute atomic E-state index is 0. The molecule has 2 rings (SSSR count). The van der Waals surface area contributed by atoms with Crippen LogP contribution in [0.4, 0.5) is 0 Å². The first-order chi connectivity index (χ1) is 9.65. The van der Waals surface area contributed by atoms with E-state index in [4.69, 9.17) is 4.74 Å². The minimum atomic E-state index is -0.343. The number of aromatic nitrogens is 2. The molecule has 7 heteroatoms. The van der Waals surface area contributed by atoms with Gasteiger partial charge in [-0.1, -0.05) is 0 Å². The SMILES string of the molecule is CCN(CC1CCCO1)C(=O)C(NC)c1cnn(C)c1.Cl. The fraction of sp³-hybridized carbons (Fsp3) is 0.714. The molecule has 0 bridgehead atoms. The van der Waals surface area contributed by atoms with E-state index < -0.39 is 0 Å². The van der Waals surface area contributed by atoms with Crippen LogP contribution < -0.4 is 5.32 Å². The minimum Gasteiger partial charge on any atom is -0.376 e. The summed E-state index contributed by atoms with van der Waals surface area (Å²) in [6.45, 7) is 4.18. The highest BCUT2D eigenvalue weighted by molar-refractivity contribution is 5.85. The average Bonchev–Trinajstić information content (AvgIpc) is 3.08. The molecule has 1 aromatic heterocycles. The Bertz CT molecular complexity index is 446. The Morgan fingerprint density at radius 2 is 2.43 bits per heavy atom. The Morgan fingerprint density at radius 3 is 2.90 bits per heavy atom. The van der Waals surface area contributed by atoms with E-state index in [9.17, 15) is 4.79 Å². The predicted molar refractivity (Wildman–Crippen MR) is 83.5 cm³/mol. The van der Waals surface area contributed by atoms with Crippen LogP contribution in [0.15, 0.2) is 12.4 Å². The molecule has 1 amide bonds. The molecular formula is C14H25ClN4O2.